The van der Waals surface area contributed by atoms with E-state index < -0.39 is 11.9 Å². The summed E-state index contributed by atoms with van der Waals surface area (Å²) in [5, 5.41) is 15.1. The highest BCUT2D eigenvalue weighted by atomic mass is 79.9. The smallest absolute Gasteiger partial charge is 0.341 e. The molecule has 6 nitrogen and oxygen atoms in total. The maximum Gasteiger partial charge on any atom is 0.341 e. The van der Waals surface area contributed by atoms with E-state index in [1.807, 2.05) is 60.7 Å². The molecule has 1 aromatic heterocycles. The van der Waals surface area contributed by atoms with Crippen LogP contribution >= 0.6 is 27.3 Å². The number of amides is 1. The number of fused-ring (bicyclic) bond motifs is 2. The molecule has 1 aliphatic carbocycles. The maximum absolute atomic E-state index is 13.5. The first-order valence-corrected chi connectivity index (χ1v) is 14.7. The zero-order valence-corrected chi connectivity index (χ0v) is 24.4. The molecule has 5 rings (SSSR count). The van der Waals surface area contributed by atoms with E-state index in [1.54, 1.807) is 13.0 Å². The van der Waals surface area contributed by atoms with Gasteiger partial charge in [0.1, 0.15) is 29.0 Å². The minimum atomic E-state index is -0.585. The maximum atomic E-state index is 13.5. The first-order chi connectivity index (χ1) is 19.5. The molecule has 0 saturated carbocycles. The lowest BCUT2D eigenvalue weighted by molar-refractivity contribution is -0.112. The standard InChI is InChI=1S/C32H27BrN2O4S/c1-2-38-32(37)29-25-9-5-6-10-28(25)40-31(29)35-30(36)22(18-34)17-26-24-8-4-3-7-21(24)13-16-27(26)39-19-20-11-14-23(33)15-12-20/h3-4,7-8,11-17H,2,5-6,9-10,19H2,1H3,(H,35,36)/b22-17+. The number of nitrogens with one attached hydrogen (secondary N) is 1. The van der Waals surface area contributed by atoms with Crippen LogP contribution in [0.25, 0.3) is 16.8 Å². The second kappa shape index (κ2) is 12.5. The Morgan fingerprint density at radius 1 is 1.07 bits per heavy atom. The number of aryl methyl sites for hydroxylation is 1. The van der Waals surface area contributed by atoms with Crippen molar-refractivity contribution in [2.24, 2.45) is 0 Å². The monoisotopic (exact) mass is 614 g/mol. The van der Waals surface area contributed by atoms with E-state index in [4.69, 9.17) is 9.47 Å². The van der Waals surface area contributed by atoms with Gasteiger partial charge in [-0.3, -0.25) is 4.79 Å². The van der Waals surface area contributed by atoms with Gasteiger partial charge in [-0.25, -0.2) is 4.79 Å². The summed E-state index contributed by atoms with van der Waals surface area (Å²) in [6.07, 6.45) is 5.21. The van der Waals surface area contributed by atoms with Crippen molar-refractivity contribution in [2.45, 2.75) is 39.2 Å². The number of nitrogens with zero attached hydrogens (tertiary/aromatic N) is 1. The molecule has 8 heteroatoms. The molecule has 202 valence electrons. The molecule has 3 aromatic carbocycles. The Bertz CT molecular complexity index is 1650. The number of halogens is 1. The van der Waals surface area contributed by atoms with Gasteiger partial charge in [-0.1, -0.05) is 58.4 Å². The van der Waals surface area contributed by atoms with E-state index in [-0.39, 0.29) is 12.2 Å². The molecule has 1 aliphatic rings. The minimum absolute atomic E-state index is 0.0916. The van der Waals surface area contributed by atoms with Crippen molar-refractivity contribution in [1.29, 1.82) is 5.26 Å². The van der Waals surface area contributed by atoms with E-state index in [9.17, 15) is 14.9 Å². The Morgan fingerprint density at radius 3 is 2.62 bits per heavy atom. The molecule has 1 amide bonds. The fourth-order valence-electron chi connectivity index (χ4n) is 4.83. The van der Waals surface area contributed by atoms with E-state index in [0.29, 0.717) is 28.5 Å². The van der Waals surface area contributed by atoms with Crippen LogP contribution in [0.5, 0.6) is 5.75 Å². The molecule has 1 heterocycles. The summed E-state index contributed by atoms with van der Waals surface area (Å²) in [5.74, 6) is -0.475. The predicted molar refractivity (Wildman–Crippen MR) is 162 cm³/mol. The third kappa shape index (κ3) is 5.96. The van der Waals surface area contributed by atoms with Crippen LogP contribution in [-0.2, 0) is 29.0 Å². The third-order valence-electron chi connectivity index (χ3n) is 6.77. The molecule has 0 atom stereocenters. The SMILES string of the molecule is CCOC(=O)c1c(NC(=O)/C(C#N)=C/c2c(OCc3ccc(Br)cc3)ccc3ccccc23)sc2c1CCCC2. The summed E-state index contributed by atoms with van der Waals surface area (Å²) >= 11 is 4.84. The van der Waals surface area contributed by atoms with Gasteiger partial charge in [0.05, 0.1) is 12.2 Å². The van der Waals surface area contributed by atoms with Crippen LogP contribution in [-0.4, -0.2) is 18.5 Å². The molecule has 0 radical (unpaired) electrons. The van der Waals surface area contributed by atoms with Gasteiger partial charge < -0.3 is 14.8 Å². The van der Waals surface area contributed by atoms with Crippen LogP contribution in [0.15, 0.2) is 70.7 Å². The van der Waals surface area contributed by atoms with Crippen molar-refractivity contribution < 1.29 is 19.1 Å². The lowest BCUT2D eigenvalue weighted by Gasteiger charge is -2.13. The number of nitriles is 1. The summed E-state index contributed by atoms with van der Waals surface area (Å²) in [6.45, 7) is 2.32. The Morgan fingerprint density at radius 2 is 1.85 bits per heavy atom. The Balaban J connectivity index is 1.49. The van der Waals surface area contributed by atoms with Crippen LogP contribution in [0, 0.1) is 11.3 Å². The fourth-order valence-corrected chi connectivity index (χ4v) is 6.37. The summed E-state index contributed by atoms with van der Waals surface area (Å²) in [7, 11) is 0. The van der Waals surface area contributed by atoms with E-state index >= 15 is 0 Å². The number of ether oxygens (including phenoxy) is 2. The molecule has 0 saturated heterocycles. The van der Waals surface area contributed by atoms with Crippen LogP contribution < -0.4 is 10.1 Å². The van der Waals surface area contributed by atoms with Crippen molar-refractivity contribution in [3.8, 4) is 11.8 Å². The summed E-state index contributed by atoms with van der Waals surface area (Å²) in [4.78, 5) is 27.4. The van der Waals surface area contributed by atoms with Crippen molar-refractivity contribution in [3.63, 3.8) is 0 Å². The lowest BCUT2D eigenvalue weighted by atomic mass is 9.95. The minimum Gasteiger partial charge on any atom is -0.488 e. The molecule has 0 bridgehead atoms. The van der Waals surface area contributed by atoms with Gasteiger partial charge in [-0.15, -0.1) is 11.3 Å². The van der Waals surface area contributed by atoms with Crippen LogP contribution in [0.4, 0.5) is 5.00 Å². The van der Waals surface area contributed by atoms with Crippen molar-refractivity contribution in [3.05, 3.63) is 97.8 Å². The number of rotatable bonds is 8. The second-order valence-corrected chi connectivity index (χ2v) is 11.4. The van der Waals surface area contributed by atoms with Gasteiger partial charge in [-0.05, 0) is 78.8 Å². The summed E-state index contributed by atoms with van der Waals surface area (Å²) < 4.78 is 12.5. The molecule has 4 aromatic rings. The number of anilines is 1. The second-order valence-electron chi connectivity index (χ2n) is 9.37. The van der Waals surface area contributed by atoms with Gasteiger partial charge in [0.25, 0.3) is 5.91 Å². The Labute approximate surface area is 245 Å². The van der Waals surface area contributed by atoms with Crippen LogP contribution in [0.2, 0.25) is 0 Å². The van der Waals surface area contributed by atoms with Crippen LogP contribution in [0.1, 0.15) is 51.7 Å². The lowest BCUT2D eigenvalue weighted by Crippen LogP contribution is -2.16. The number of thiophene rings is 1. The average molecular weight is 616 g/mol. The molecular formula is C32H27BrN2O4S. The molecule has 1 N–H and O–H groups in total. The number of carbonyl (C=O) groups excluding carboxylic acids is 2. The molecule has 0 fully saturated rings. The average Bonchev–Trinajstić information content (AvgIpc) is 3.33. The van der Waals surface area contributed by atoms with Gasteiger partial charge in [0.2, 0.25) is 0 Å². The van der Waals surface area contributed by atoms with Crippen molar-refractivity contribution in [1.82, 2.24) is 0 Å². The molecule has 0 unspecified atom stereocenters. The third-order valence-corrected chi connectivity index (χ3v) is 8.51. The van der Waals surface area contributed by atoms with Crippen molar-refractivity contribution in [2.75, 3.05) is 11.9 Å². The van der Waals surface area contributed by atoms with Gasteiger partial charge >= 0.3 is 5.97 Å². The quantitative estimate of drug-likeness (QED) is 0.124. The Kier molecular flexibility index (Phi) is 8.63. The van der Waals surface area contributed by atoms with Gasteiger partial charge in [0.15, 0.2) is 0 Å². The Hall–Kier alpha value is -3.93. The van der Waals surface area contributed by atoms with Crippen LogP contribution in [0.3, 0.4) is 0 Å². The number of benzene rings is 3. The highest BCUT2D eigenvalue weighted by Crippen LogP contribution is 2.39. The topological polar surface area (TPSA) is 88.4 Å². The van der Waals surface area contributed by atoms with E-state index in [1.165, 1.54) is 11.3 Å². The molecule has 0 spiro atoms. The molecule has 40 heavy (non-hydrogen) atoms. The number of esters is 1. The van der Waals surface area contributed by atoms with Crippen molar-refractivity contribution >= 4 is 61.0 Å². The number of hydrogen-bond acceptors (Lipinski definition) is 6. The first kappa shape index (κ1) is 27.6. The number of carbonyl (C=O) groups is 2. The van der Waals surface area contributed by atoms with E-state index in [2.05, 4.69) is 27.3 Å². The van der Waals surface area contributed by atoms with Gasteiger partial charge in [0, 0.05) is 14.9 Å². The largest absolute Gasteiger partial charge is 0.488 e. The molecular weight excluding hydrogens is 588 g/mol. The normalized spacial score (nSPS) is 12.9. The van der Waals surface area contributed by atoms with E-state index in [0.717, 1.165) is 56.9 Å². The fraction of sp³-hybridized carbons (Fsp3) is 0.219. The highest BCUT2D eigenvalue weighted by Gasteiger charge is 2.28. The zero-order valence-electron chi connectivity index (χ0n) is 22.0. The molecule has 0 aliphatic heterocycles. The van der Waals surface area contributed by atoms with Gasteiger partial charge in [-0.2, -0.15) is 5.26 Å². The summed E-state index contributed by atoms with van der Waals surface area (Å²) in [6, 6.07) is 21.5. The summed E-state index contributed by atoms with van der Waals surface area (Å²) in [5.41, 5.74) is 2.89. The first-order valence-electron chi connectivity index (χ1n) is 13.1. The zero-order chi connectivity index (χ0) is 28.1. The predicted octanol–water partition coefficient (Wildman–Crippen LogP) is 7.84. The highest BCUT2D eigenvalue weighted by molar-refractivity contribution is 9.10. The number of hydrogen-bond donors (Lipinski definition) is 1.